The van der Waals surface area contributed by atoms with Gasteiger partial charge in [-0.15, -0.1) is 0 Å². The van der Waals surface area contributed by atoms with E-state index in [0.29, 0.717) is 0 Å². The number of benzene rings is 3. The van der Waals surface area contributed by atoms with Crippen LogP contribution in [-0.4, -0.2) is 25.7 Å². The first-order valence-electron chi connectivity index (χ1n) is 10.9. The van der Waals surface area contributed by atoms with Gasteiger partial charge in [0.15, 0.2) is 0 Å². The molecule has 1 unspecified atom stereocenters. The lowest BCUT2D eigenvalue weighted by Gasteiger charge is -2.44. The van der Waals surface area contributed by atoms with E-state index in [4.69, 9.17) is 0 Å². The lowest BCUT2D eigenvalue weighted by Crippen LogP contribution is -2.55. The molecule has 3 heteroatoms. The van der Waals surface area contributed by atoms with Crippen LogP contribution in [0.3, 0.4) is 0 Å². The summed E-state index contributed by atoms with van der Waals surface area (Å²) in [6.45, 7) is 2.58. The first-order chi connectivity index (χ1) is 15.3. The fourth-order valence-corrected chi connectivity index (χ4v) is 4.69. The highest BCUT2D eigenvalue weighted by molar-refractivity contribution is 5.94. The zero-order chi connectivity index (χ0) is 21.0. The molecule has 0 saturated carbocycles. The largest absolute Gasteiger partial charge is 0.367 e. The van der Waals surface area contributed by atoms with Crippen molar-refractivity contribution >= 4 is 22.1 Å². The van der Waals surface area contributed by atoms with Crippen LogP contribution in [0.4, 0.5) is 11.4 Å². The second-order valence-corrected chi connectivity index (χ2v) is 8.14. The van der Waals surface area contributed by atoms with E-state index in [2.05, 4.69) is 82.6 Å². The number of anilines is 2. The van der Waals surface area contributed by atoms with E-state index in [0.717, 1.165) is 31.7 Å². The van der Waals surface area contributed by atoms with Crippen LogP contribution in [0.25, 0.3) is 10.8 Å². The maximum Gasteiger partial charge on any atom is 0.201 e. The second-order valence-electron chi connectivity index (χ2n) is 8.14. The molecule has 3 nitrogen and oxygen atoms in total. The summed E-state index contributed by atoms with van der Waals surface area (Å²) in [6.07, 6.45) is 0.903. The Bertz CT molecular complexity index is 1230. The molecule has 1 heterocycles. The zero-order valence-corrected chi connectivity index (χ0v) is 17.5. The van der Waals surface area contributed by atoms with E-state index in [1.54, 1.807) is 6.07 Å². The third-order valence-electron chi connectivity index (χ3n) is 6.19. The summed E-state index contributed by atoms with van der Waals surface area (Å²) >= 11 is 0. The molecule has 31 heavy (non-hydrogen) atoms. The third kappa shape index (κ3) is 4.04. The highest BCUT2D eigenvalue weighted by Gasteiger charge is 2.29. The van der Waals surface area contributed by atoms with Gasteiger partial charge in [-0.05, 0) is 35.6 Å². The Hall–Kier alpha value is -3.59. The van der Waals surface area contributed by atoms with Crippen molar-refractivity contribution in [2.45, 2.75) is 12.5 Å². The minimum absolute atomic E-state index is 0.0849. The Balaban J connectivity index is 1.52. The van der Waals surface area contributed by atoms with Gasteiger partial charge >= 0.3 is 0 Å². The smallest absolute Gasteiger partial charge is 0.201 e. The quantitative estimate of drug-likeness (QED) is 0.469. The van der Waals surface area contributed by atoms with Gasteiger partial charge in [-0.1, -0.05) is 84.9 Å². The van der Waals surface area contributed by atoms with Gasteiger partial charge in [-0.3, -0.25) is 4.79 Å². The monoisotopic (exact) mass is 406 g/mol. The second kappa shape index (κ2) is 8.65. The molecule has 0 spiro atoms. The van der Waals surface area contributed by atoms with Gasteiger partial charge in [0.2, 0.25) is 5.43 Å². The molecule has 0 aliphatic carbocycles. The van der Waals surface area contributed by atoms with Gasteiger partial charge in [-0.2, -0.15) is 0 Å². The van der Waals surface area contributed by atoms with Gasteiger partial charge in [-0.25, -0.2) is 0 Å². The van der Waals surface area contributed by atoms with Crippen LogP contribution in [0.1, 0.15) is 5.56 Å². The van der Waals surface area contributed by atoms with Crippen molar-refractivity contribution in [2.75, 3.05) is 29.4 Å². The van der Waals surface area contributed by atoms with E-state index in [1.165, 1.54) is 22.0 Å². The zero-order valence-electron chi connectivity index (χ0n) is 17.5. The minimum Gasteiger partial charge on any atom is -0.367 e. The SMILES string of the molecule is O=c1cccccc1N1CCN(c2cccc3ccccc23)CC1Cc1ccccc1. The van der Waals surface area contributed by atoms with E-state index >= 15 is 0 Å². The van der Waals surface area contributed by atoms with Crippen LogP contribution in [0.5, 0.6) is 0 Å². The van der Waals surface area contributed by atoms with E-state index in [9.17, 15) is 4.79 Å². The maximum absolute atomic E-state index is 12.8. The Kier molecular flexibility index (Phi) is 5.40. The number of rotatable bonds is 4. The Morgan fingerprint density at radius 1 is 0.677 bits per heavy atom. The molecule has 0 bridgehead atoms. The van der Waals surface area contributed by atoms with Crippen molar-refractivity contribution in [3.05, 3.63) is 119 Å². The van der Waals surface area contributed by atoms with Gasteiger partial charge in [0.25, 0.3) is 0 Å². The minimum atomic E-state index is 0.0849. The third-order valence-corrected chi connectivity index (χ3v) is 6.19. The summed E-state index contributed by atoms with van der Waals surface area (Å²) < 4.78 is 0. The Morgan fingerprint density at radius 3 is 2.23 bits per heavy atom. The Morgan fingerprint density at radius 2 is 1.35 bits per heavy atom. The van der Waals surface area contributed by atoms with Gasteiger partial charge < -0.3 is 9.80 Å². The number of piperazine rings is 1. The van der Waals surface area contributed by atoms with E-state index in [1.807, 2.05) is 24.3 Å². The molecule has 154 valence electrons. The highest BCUT2D eigenvalue weighted by atomic mass is 16.1. The maximum atomic E-state index is 12.8. The van der Waals surface area contributed by atoms with Crippen LogP contribution in [0.2, 0.25) is 0 Å². The van der Waals surface area contributed by atoms with Gasteiger partial charge in [0.1, 0.15) is 0 Å². The van der Waals surface area contributed by atoms with Crippen LogP contribution >= 0.6 is 0 Å². The predicted octanol–water partition coefficient (Wildman–Crippen LogP) is 5.14. The van der Waals surface area contributed by atoms with Crippen molar-refractivity contribution < 1.29 is 0 Å². The van der Waals surface area contributed by atoms with E-state index in [-0.39, 0.29) is 11.5 Å². The van der Waals surface area contributed by atoms with Crippen LogP contribution in [0, 0.1) is 0 Å². The molecule has 1 aliphatic heterocycles. The molecule has 4 aromatic carbocycles. The van der Waals surface area contributed by atoms with Crippen LogP contribution < -0.4 is 15.2 Å². The lowest BCUT2D eigenvalue weighted by molar-refractivity contribution is 0.518. The normalized spacial score (nSPS) is 16.5. The van der Waals surface area contributed by atoms with Crippen molar-refractivity contribution in [3.63, 3.8) is 0 Å². The number of fused-ring (bicyclic) bond motifs is 1. The average Bonchev–Trinajstić information content (AvgIpc) is 3.03. The summed E-state index contributed by atoms with van der Waals surface area (Å²) in [5, 5.41) is 2.55. The topological polar surface area (TPSA) is 23.6 Å². The van der Waals surface area contributed by atoms with Crippen LogP contribution in [-0.2, 0) is 6.42 Å². The van der Waals surface area contributed by atoms with Gasteiger partial charge in [0.05, 0.1) is 11.7 Å². The van der Waals surface area contributed by atoms with Crippen molar-refractivity contribution in [1.82, 2.24) is 0 Å². The summed E-state index contributed by atoms with van der Waals surface area (Å²) in [7, 11) is 0. The predicted molar refractivity (Wildman–Crippen MR) is 130 cm³/mol. The first kappa shape index (κ1) is 19.4. The molecule has 1 fully saturated rings. The molecule has 1 aliphatic rings. The number of nitrogens with zero attached hydrogens (tertiary/aromatic N) is 2. The highest BCUT2D eigenvalue weighted by Crippen LogP contribution is 2.30. The summed E-state index contributed by atoms with van der Waals surface area (Å²) in [4.78, 5) is 17.6. The molecule has 0 N–H and O–H groups in total. The van der Waals surface area contributed by atoms with Crippen molar-refractivity contribution in [3.8, 4) is 0 Å². The number of hydrogen-bond acceptors (Lipinski definition) is 3. The van der Waals surface area contributed by atoms with E-state index < -0.39 is 0 Å². The van der Waals surface area contributed by atoms with Crippen LogP contribution in [0.15, 0.2) is 108 Å². The molecule has 0 aromatic heterocycles. The average molecular weight is 407 g/mol. The van der Waals surface area contributed by atoms with Crippen molar-refractivity contribution in [1.29, 1.82) is 0 Å². The summed E-state index contributed by atoms with van der Waals surface area (Å²) in [6, 6.07) is 35.3. The van der Waals surface area contributed by atoms with Crippen molar-refractivity contribution in [2.24, 2.45) is 0 Å². The molecular weight excluding hydrogens is 380 g/mol. The molecule has 5 rings (SSSR count). The fraction of sp³-hybridized carbons (Fsp3) is 0.179. The molecule has 1 atom stereocenters. The standard InChI is InChI=1S/C28H26N2O/c31-28-17-6-2-5-15-27(28)30-19-18-29(21-24(30)20-22-10-3-1-4-11-22)26-16-9-13-23-12-7-8-14-25(23)26/h1-17,24H,18-21H2. The lowest BCUT2D eigenvalue weighted by atomic mass is 10.00. The van der Waals surface area contributed by atoms with Gasteiger partial charge in [0, 0.05) is 30.7 Å². The number of hydrogen-bond donors (Lipinski definition) is 0. The molecule has 4 aromatic rings. The first-order valence-corrected chi connectivity index (χ1v) is 10.9. The molecular formula is C28H26N2O. The fourth-order valence-electron chi connectivity index (χ4n) is 4.69. The molecule has 1 saturated heterocycles. The summed E-state index contributed by atoms with van der Waals surface area (Å²) in [5.41, 5.74) is 3.45. The summed E-state index contributed by atoms with van der Waals surface area (Å²) in [5.74, 6) is 0. The Labute approximate surface area is 183 Å². The molecule has 0 radical (unpaired) electrons. The molecule has 0 amide bonds.